The van der Waals surface area contributed by atoms with E-state index in [0.29, 0.717) is 32.8 Å². The first-order valence-electron chi connectivity index (χ1n) is 9.17. The first-order chi connectivity index (χ1) is 14.6. The molecule has 2 N–H and O–H groups in total. The minimum Gasteiger partial charge on any atom is -0.454 e. The number of nitrogens with one attached hydrogen (secondary N) is 2. The lowest BCUT2D eigenvalue weighted by Gasteiger charge is -2.09. The van der Waals surface area contributed by atoms with Crippen LogP contribution in [0.2, 0.25) is 0 Å². The van der Waals surface area contributed by atoms with E-state index in [2.05, 4.69) is 20.8 Å². The van der Waals surface area contributed by atoms with E-state index in [1.165, 1.54) is 23.1 Å². The lowest BCUT2D eigenvalue weighted by atomic mass is 10.2. The van der Waals surface area contributed by atoms with Gasteiger partial charge < -0.3 is 14.8 Å². The average molecular weight is 443 g/mol. The fourth-order valence-corrected chi connectivity index (χ4v) is 4.23. The number of aryl methyl sites for hydroxylation is 1. The van der Waals surface area contributed by atoms with Gasteiger partial charge in [-0.3, -0.25) is 14.9 Å². The monoisotopic (exact) mass is 442 g/mol. The van der Waals surface area contributed by atoms with E-state index in [9.17, 15) is 9.59 Å². The van der Waals surface area contributed by atoms with Crippen molar-refractivity contribution in [3.8, 4) is 11.5 Å². The average Bonchev–Trinajstić information content (AvgIpc) is 3.41. The molecule has 0 aliphatic carbocycles. The Hall–Kier alpha value is -3.11. The van der Waals surface area contributed by atoms with Crippen LogP contribution >= 0.6 is 23.1 Å². The number of carbonyl (C=O) groups excluding carboxylic acids is 2. The molecule has 3 aromatic rings. The first kappa shape index (κ1) is 20.2. The summed E-state index contributed by atoms with van der Waals surface area (Å²) in [6.07, 6.45) is 0.762. The van der Waals surface area contributed by atoms with Gasteiger partial charge in [-0.2, -0.15) is 0 Å². The Bertz CT molecular complexity index is 1090. The summed E-state index contributed by atoms with van der Waals surface area (Å²) in [5.41, 5.74) is 1.10. The molecule has 8 nitrogen and oxygen atoms in total. The molecule has 0 fully saturated rings. The predicted molar refractivity (Wildman–Crippen MR) is 116 cm³/mol. The van der Waals surface area contributed by atoms with Crippen molar-refractivity contribution in [3.63, 3.8) is 0 Å². The van der Waals surface area contributed by atoms with Gasteiger partial charge in [0, 0.05) is 16.6 Å². The minimum atomic E-state index is -0.284. The van der Waals surface area contributed by atoms with Gasteiger partial charge in [0.1, 0.15) is 5.01 Å². The molecular formula is C20H18N4O4S2. The summed E-state index contributed by atoms with van der Waals surface area (Å²) >= 11 is 2.63. The SMILES string of the molecule is CCc1nnc(NC(=O)c2ccccc2SCC(=O)Nc2ccc3c(c2)OCO3)s1. The van der Waals surface area contributed by atoms with Crippen molar-refractivity contribution in [2.24, 2.45) is 0 Å². The zero-order valence-corrected chi connectivity index (χ0v) is 17.6. The van der Waals surface area contributed by atoms with Crippen molar-refractivity contribution in [3.05, 3.63) is 53.0 Å². The van der Waals surface area contributed by atoms with Crippen LogP contribution < -0.4 is 20.1 Å². The second-order valence-corrected chi connectivity index (χ2v) is 8.29. The normalized spacial score (nSPS) is 11.9. The molecule has 1 aliphatic heterocycles. The van der Waals surface area contributed by atoms with E-state index in [1.807, 2.05) is 19.1 Å². The van der Waals surface area contributed by atoms with Crippen LogP contribution in [0, 0.1) is 0 Å². The summed E-state index contributed by atoms with van der Waals surface area (Å²) in [6.45, 7) is 2.16. The molecule has 30 heavy (non-hydrogen) atoms. The van der Waals surface area contributed by atoms with E-state index >= 15 is 0 Å². The molecule has 1 aliphatic rings. The second kappa shape index (κ2) is 9.14. The van der Waals surface area contributed by atoms with E-state index in [0.717, 1.165) is 11.4 Å². The topological polar surface area (TPSA) is 102 Å². The number of hydrogen-bond donors (Lipinski definition) is 2. The molecule has 10 heteroatoms. The van der Waals surface area contributed by atoms with Crippen LogP contribution in [0.15, 0.2) is 47.4 Å². The third-order valence-corrected chi connectivity index (χ3v) is 6.19. The number of fused-ring (bicyclic) bond motifs is 1. The molecule has 2 heterocycles. The molecule has 2 aromatic carbocycles. The van der Waals surface area contributed by atoms with Gasteiger partial charge in [-0.15, -0.1) is 22.0 Å². The maximum atomic E-state index is 12.7. The van der Waals surface area contributed by atoms with Crippen LogP contribution in [0.25, 0.3) is 0 Å². The van der Waals surface area contributed by atoms with E-state index in [1.54, 1.807) is 30.3 Å². The number of nitrogens with zero attached hydrogens (tertiary/aromatic N) is 2. The van der Waals surface area contributed by atoms with Gasteiger partial charge in [-0.25, -0.2) is 0 Å². The quantitative estimate of drug-likeness (QED) is 0.536. The fourth-order valence-electron chi connectivity index (χ4n) is 2.71. The van der Waals surface area contributed by atoms with Gasteiger partial charge in [0.25, 0.3) is 5.91 Å². The molecule has 154 valence electrons. The molecule has 2 amide bonds. The molecule has 0 bridgehead atoms. The number of amides is 2. The molecule has 4 rings (SSSR count). The van der Waals surface area contributed by atoms with Crippen molar-refractivity contribution < 1.29 is 19.1 Å². The van der Waals surface area contributed by atoms with Gasteiger partial charge in [-0.1, -0.05) is 30.4 Å². The molecule has 0 atom stereocenters. The highest BCUT2D eigenvalue weighted by atomic mass is 32.2. The summed E-state index contributed by atoms with van der Waals surface area (Å²) in [6, 6.07) is 12.4. The number of aromatic nitrogens is 2. The summed E-state index contributed by atoms with van der Waals surface area (Å²) < 4.78 is 10.6. The predicted octanol–water partition coefficient (Wildman–Crippen LogP) is 3.81. The van der Waals surface area contributed by atoms with Crippen molar-refractivity contribution in [2.75, 3.05) is 23.2 Å². The van der Waals surface area contributed by atoms with Gasteiger partial charge in [0.15, 0.2) is 11.5 Å². The standard InChI is InChI=1S/C20H18N4O4S2/c1-2-18-23-24-20(30-18)22-19(26)13-5-3-4-6-16(13)29-10-17(25)21-12-7-8-14-15(9-12)28-11-27-14/h3-9H,2,10-11H2,1H3,(H,21,25)(H,22,24,26). The molecule has 0 spiro atoms. The summed E-state index contributed by atoms with van der Waals surface area (Å²) in [7, 11) is 0. The Morgan fingerprint density at radius 1 is 1.10 bits per heavy atom. The summed E-state index contributed by atoms with van der Waals surface area (Å²) in [4.78, 5) is 25.7. The number of carbonyl (C=O) groups is 2. The van der Waals surface area contributed by atoms with Crippen molar-refractivity contribution >= 4 is 45.7 Å². The van der Waals surface area contributed by atoms with Crippen LogP contribution in [0.3, 0.4) is 0 Å². The molecular weight excluding hydrogens is 424 g/mol. The van der Waals surface area contributed by atoms with Crippen LogP contribution in [0.5, 0.6) is 11.5 Å². The van der Waals surface area contributed by atoms with Crippen molar-refractivity contribution in [1.82, 2.24) is 10.2 Å². The Kier molecular flexibility index (Phi) is 6.15. The molecule has 1 aromatic heterocycles. The number of benzene rings is 2. The number of thioether (sulfide) groups is 1. The van der Waals surface area contributed by atoms with Crippen LogP contribution in [0.4, 0.5) is 10.8 Å². The molecule has 0 radical (unpaired) electrons. The second-order valence-electron chi connectivity index (χ2n) is 6.21. The van der Waals surface area contributed by atoms with Crippen molar-refractivity contribution in [1.29, 1.82) is 0 Å². The van der Waals surface area contributed by atoms with Crippen molar-refractivity contribution in [2.45, 2.75) is 18.2 Å². The number of rotatable bonds is 7. The van der Waals surface area contributed by atoms with Gasteiger partial charge in [0.2, 0.25) is 17.8 Å². The zero-order valence-electron chi connectivity index (χ0n) is 16.0. The van der Waals surface area contributed by atoms with Gasteiger partial charge in [-0.05, 0) is 30.7 Å². The molecule has 0 saturated carbocycles. The summed E-state index contributed by atoms with van der Waals surface area (Å²) in [5, 5.41) is 14.9. The largest absolute Gasteiger partial charge is 0.454 e. The Balaban J connectivity index is 1.37. The first-order valence-corrected chi connectivity index (χ1v) is 11.0. The molecule has 0 saturated heterocycles. The van der Waals surface area contributed by atoms with E-state index in [4.69, 9.17) is 9.47 Å². The Morgan fingerprint density at radius 3 is 2.77 bits per heavy atom. The van der Waals surface area contributed by atoms with Crippen LogP contribution in [-0.4, -0.2) is 34.6 Å². The van der Waals surface area contributed by atoms with E-state index in [-0.39, 0.29) is 24.4 Å². The lowest BCUT2D eigenvalue weighted by Crippen LogP contribution is -2.15. The van der Waals surface area contributed by atoms with Crippen LogP contribution in [0.1, 0.15) is 22.3 Å². The van der Waals surface area contributed by atoms with E-state index < -0.39 is 0 Å². The highest BCUT2D eigenvalue weighted by Crippen LogP contribution is 2.34. The highest BCUT2D eigenvalue weighted by molar-refractivity contribution is 8.00. The maximum absolute atomic E-state index is 12.7. The van der Waals surface area contributed by atoms with Gasteiger partial charge >= 0.3 is 0 Å². The maximum Gasteiger partial charge on any atom is 0.258 e. The minimum absolute atomic E-state index is 0.150. The molecule has 0 unspecified atom stereocenters. The lowest BCUT2D eigenvalue weighted by molar-refractivity contribution is -0.113. The Morgan fingerprint density at radius 2 is 1.93 bits per heavy atom. The highest BCUT2D eigenvalue weighted by Gasteiger charge is 2.16. The number of anilines is 2. The smallest absolute Gasteiger partial charge is 0.258 e. The number of ether oxygens (including phenoxy) is 2. The van der Waals surface area contributed by atoms with Crippen LogP contribution in [-0.2, 0) is 11.2 Å². The Labute approximate surface area is 181 Å². The zero-order chi connectivity index (χ0) is 20.9. The number of hydrogen-bond acceptors (Lipinski definition) is 8. The third kappa shape index (κ3) is 4.71. The fraction of sp³-hybridized carbons (Fsp3) is 0.200. The van der Waals surface area contributed by atoms with Gasteiger partial charge in [0.05, 0.1) is 11.3 Å². The summed E-state index contributed by atoms with van der Waals surface area (Å²) in [5.74, 6) is 0.936. The third-order valence-electron chi connectivity index (χ3n) is 4.14.